The molecule has 2 aromatic heterocycles. The van der Waals surface area contributed by atoms with Crippen molar-refractivity contribution in [3.05, 3.63) is 109 Å². The molecule has 4 rings (SSSR count). The summed E-state index contributed by atoms with van der Waals surface area (Å²) in [5.41, 5.74) is 7.53. The molecule has 2 nitrogen and oxygen atoms in total. The average Bonchev–Trinajstić information content (AvgIpc) is 2.79. The molecular weight excluding hydrogens is 364 g/mol. The maximum atomic E-state index is 2.22. The quantitative estimate of drug-likeness (QED) is 0.359. The van der Waals surface area contributed by atoms with Crippen LogP contribution in [0, 0.1) is 0 Å². The maximum Gasteiger partial charge on any atom is 0.210 e. The first-order valence-electron chi connectivity index (χ1n) is 10.7. The van der Waals surface area contributed by atoms with E-state index in [1.807, 2.05) is 0 Å². The molecule has 2 aromatic carbocycles. The lowest BCUT2D eigenvalue weighted by Crippen LogP contribution is -2.29. The van der Waals surface area contributed by atoms with Crippen LogP contribution in [0.3, 0.4) is 0 Å². The fourth-order valence-corrected chi connectivity index (χ4v) is 3.64. The van der Waals surface area contributed by atoms with Crippen LogP contribution in [0.1, 0.15) is 50.7 Å². The summed E-state index contributed by atoms with van der Waals surface area (Å²) in [5, 5.41) is 0. The topological polar surface area (TPSA) is 7.76 Å². The summed E-state index contributed by atoms with van der Waals surface area (Å²) in [6, 6.07) is 26.3. The Labute approximate surface area is 180 Å². The Morgan fingerprint density at radius 2 is 0.733 bits per heavy atom. The fourth-order valence-electron chi connectivity index (χ4n) is 3.64. The molecule has 0 unspecified atom stereocenters. The monoisotopic (exact) mass is 394 g/mol. The molecule has 0 N–H and O–H groups in total. The van der Waals surface area contributed by atoms with E-state index >= 15 is 0 Å². The molecule has 0 radical (unpaired) electrons. The third-order valence-electron chi connectivity index (χ3n) is 5.71. The largest absolute Gasteiger partial charge is 0.210 e. The van der Waals surface area contributed by atoms with Gasteiger partial charge in [-0.2, -0.15) is 9.13 Å². The third kappa shape index (κ3) is 4.33. The normalized spacial score (nSPS) is 11.3. The van der Waals surface area contributed by atoms with Gasteiger partial charge in [0.15, 0.2) is 24.8 Å². The zero-order valence-electron chi connectivity index (χ0n) is 18.3. The predicted molar refractivity (Wildman–Crippen MR) is 123 cm³/mol. The smallest absolute Gasteiger partial charge is 0.167 e. The molecule has 0 amide bonds. The van der Waals surface area contributed by atoms with E-state index in [2.05, 4.69) is 134 Å². The van der Waals surface area contributed by atoms with Gasteiger partial charge < -0.3 is 0 Å². The average molecular weight is 395 g/mol. The predicted octanol–water partition coefficient (Wildman–Crippen LogP) is 6.15. The second-order valence-corrected chi connectivity index (χ2v) is 8.48. The fraction of sp³-hybridized carbons (Fsp3) is 0.214. The van der Waals surface area contributed by atoms with Gasteiger partial charge in [0.1, 0.15) is 0 Å². The van der Waals surface area contributed by atoms with Crippen LogP contribution in [-0.4, -0.2) is 0 Å². The molecule has 0 saturated carbocycles. The van der Waals surface area contributed by atoms with Gasteiger partial charge in [-0.1, -0.05) is 52.0 Å². The first-order valence-corrected chi connectivity index (χ1v) is 10.7. The molecule has 0 atom stereocenters. The Hall–Kier alpha value is -3.26. The van der Waals surface area contributed by atoms with Gasteiger partial charge in [-0.25, -0.2) is 0 Å². The Kier molecular flexibility index (Phi) is 5.76. The highest BCUT2D eigenvalue weighted by Gasteiger charge is 2.10. The number of benzene rings is 2. The van der Waals surface area contributed by atoms with E-state index in [-0.39, 0.29) is 0 Å². The van der Waals surface area contributed by atoms with Crippen LogP contribution in [0.15, 0.2) is 97.6 Å². The summed E-state index contributed by atoms with van der Waals surface area (Å²) >= 11 is 0. The van der Waals surface area contributed by atoms with Crippen molar-refractivity contribution in [1.82, 2.24) is 0 Å². The summed E-state index contributed by atoms with van der Waals surface area (Å²) in [7, 11) is 0. The number of hydrogen-bond donors (Lipinski definition) is 0. The van der Waals surface area contributed by atoms with E-state index in [1.54, 1.807) is 0 Å². The van der Waals surface area contributed by atoms with E-state index in [9.17, 15) is 0 Å². The van der Waals surface area contributed by atoms with Crippen LogP contribution in [0.2, 0.25) is 0 Å². The van der Waals surface area contributed by atoms with Gasteiger partial charge >= 0.3 is 0 Å². The summed E-state index contributed by atoms with van der Waals surface area (Å²) in [5.74, 6) is 1.11. The maximum absolute atomic E-state index is 2.22. The molecule has 0 spiro atoms. The van der Waals surface area contributed by atoms with Crippen molar-refractivity contribution in [3.8, 4) is 22.5 Å². The van der Waals surface area contributed by atoms with Crippen molar-refractivity contribution < 1.29 is 9.13 Å². The Morgan fingerprint density at radius 1 is 0.433 bits per heavy atom. The van der Waals surface area contributed by atoms with Gasteiger partial charge in [0.2, 0.25) is 11.4 Å². The molecule has 2 heterocycles. The lowest BCUT2D eigenvalue weighted by molar-refractivity contribution is -0.596. The minimum absolute atomic E-state index is 0.556. The Morgan fingerprint density at radius 3 is 1.00 bits per heavy atom. The highest BCUT2D eigenvalue weighted by molar-refractivity contribution is 5.61. The van der Waals surface area contributed by atoms with Crippen LogP contribution in [0.25, 0.3) is 22.5 Å². The van der Waals surface area contributed by atoms with Crippen LogP contribution in [-0.2, 0) is 0 Å². The van der Waals surface area contributed by atoms with E-state index in [0.717, 1.165) is 0 Å². The van der Waals surface area contributed by atoms with Gasteiger partial charge in [0, 0.05) is 48.5 Å². The summed E-state index contributed by atoms with van der Waals surface area (Å²) in [6.07, 6.45) is 8.52. The third-order valence-corrected chi connectivity index (χ3v) is 5.71. The molecule has 0 fully saturated rings. The second kappa shape index (κ2) is 8.62. The van der Waals surface area contributed by atoms with Crippen molar-refractivity contribution in [2.45, 2.75) is 39.5 Å². The minimum Gasteiger partial charge on any atom is -0.167 e. The molecule has 30 heavy (non-hydrogen) atoms. The van der Waals surface area contributed by atoms with Crippen molar-refractivity contribution in [2.75, 3.05) is 0 Å². The molecular formula is C28H30N2+2. The van der Waals surface area contributed by atoms with Gasteiger partial charge in [-0.05, 0) is 34.1 Å². The van der Waals surface area contributed by atoms with Crippen LogP contribution in [0.5, 0.6) is 0 Å². The van der Waals surface area contributed by atoms with Crippen LogP contribution >= 0.6 is 0 Å². The molecule has 0 aliphatic carbocycles. The van der Waals surface area contributed by atoms with E-state index < -0.39 is 0 Å². The second-order valence-electron chi connectivity index (χ2n) is 8.48. The van der Waals surface area contributed by atoms with Crippen molar-refractivity contribution in [3.63, 3.8) is 0 Å². The summed E-state index contributed by atoms with van der Waals surface area (Å²) < 4.78 is 4.32. The van der Waals surface area contributed by atoms with Crippen LogP contribution in [0.4, 0.5) is 0 Å². The van der Waals surface area contributed by atoms with Crippen molar-refractivity contribution in [1.29, 1.82) is 0 Å². The standard InChI is InChI=1S/C28H30N2/c1-21(2)23-5-9-27(10-6-23)29-17-13-25(14-18-29)26-15-19-30(20-16-26)28-11-7-24(8-12-28)22(3)4/h5-22H,1-4H3/q+2. The number of pyridine rings is 2. The zero-order chi connectivity index (χ0) is 21.1. The lowest BCUT2D eigenvalue weighted by atomic mass is 10.0. The highest BCUT2D eigenvalue weighted by atomic mass is 14.9. The van der Waals surface area contributed by atoms with Gasteiger partial charge in [0.05, 0.1) is 0 Å². The van der Waals surface area contributed by atoms with E-state index in [4.69, 9.17) is 0 Å². The molecule has 0 aliphatic heterocycles. The van der Waals surface area contributed by atoms with Crippen LogP contribution < -0.4 is 9.13 Å². The molecule has 0 aliphatic rings. The molecule has 150 valence electrons. The summed E-state index contributed by atoms with van der Waals surface area (Å²) in [4.78, 5) is 0. The van der Waals surface area contributed by atoms with Gasteiger partial charge in [0.25, 0.3) is 0 Å². The first-order chi connectivity index (χ1) is 14.5. The summed E-state index contributed by atoms with van der Waals surface area (Å²) in [6.45, 7) is 8.89. The first kappa shape index (κ1) is 20.0. The molecule has 0 saturated heterocycles. The van der Waals surface area contributed by atoms with Crippen molar-refractivity contribution >= 4 is 0 Å². The van der Waals surface area contributed by atoms with E-state index in [0.29, 0.717) is 11.8 Å². The van der Waals surface area contributed by atoms with Gasteiger partial charge in [-0.15, -0.1) is 0 Å². The Balaban J connectivity index is 1.51. The van der Waals surface area contributed by atoms with Crippen molar-refractivity contribution in [2.24, 2.45) is 0 Å². The number of hydrogen-bond acceptors (Lipinski definition) is 0. The number of nitrogens with zero attached hydrogens (tertiary/aromatic N) is 2. The van der Waals surface area contributed by atoms with E-state index in [1.165, 1.54) is 33.6 Å². The molecule has 0 bridgehead atoms. The van der Waals surface area contributed by atoms with Gasteiger partial charge in [-0.3, -0.25) is 0 Å². The lowest BCUT2D eigenvalue weighted by Gasteiger charge is -2.05. The number of rotatable bonds is 5. The molecule has 2 heteroatoms. The number of aromatic nitrogens is 2. The highest BCUT2D eigenvalue weighted by Crippen LogP contribution is 2.19. The molecule has 4 aromatic rings. The Bertz CT molecular complexity index is 996. The SMILES string of the molecule is CC(C)c1ccc(-[n+]2ccc(-c3cc[n+](-c4ccc(C(C)C)cc4)cc3)cc2)cc1. The zero-order valence-corrected chi connectivity index (χ0v) is 18.3. The minimum atomic E-state index is 0.556.